The van der Waals surface area contributed by atoms with Crippen LogP contribution >= 0.6 is 11.6 Å². The average molecular weight is 474 g/mol. The number of ether oxygens (including phenoxy) is 2. The maximum Gasteiger partial charge on any atom is 0.461 e. The zero-order valence-corrected chi connectivity index (χ0v) is 17.4. The van der Waals surface area contributed by atoms with Gasteiger partial charge in [-0.05, 0) is 48.9 Å². The minimum absolute atomic E-state index is 0.0199. The summed E-state index contributed by atoms with van der Waals surface area (Å²) < 4.78 is 61.2. The first-order valence-corrected chi connectivity index (χ1v) is 9.43. The number of methoxy groups -OCH3 is 1. The molecule has 3 aromatic rings. The Hall–Kier alpha value is -3.27. The van der Waals surface area contributed by atoms with Gasteiger partial charge in [-0.3, -0.25) is 14.2 Å². The Kier molecular flexibility index (Phi) is 6.36. The fourth-order valence-electron chi connectivity index (χ4n) is 3.27. The smallest absolute Gasteiger partial charge is 0.461 e. The van der Waals surface area contributed by atoms with Crippen molar-refractivity contribution in [3.8, 4) is 11.5 Å². The van der Waals surface area contributed by atoms with Crippen LogP contribution in [0.15, 0.2) is 36.4 Å². The molecule has 0 saturated carbocycles. The number of hydrogen-bond donors (Lipinski definition) is 1. The van der Waals surface area contributed by atoms with Gasteiger partial charge in [0.1, 0.15) is 11.5 Å². The quantitative estimate of drug-likeness (QED) is 0.479. The molecule has 0 unspecified atom stereocenters. The van der Waals surface area contributed by atoms with E-state index in [0.29, 0.717) is 22.2 Å². The molecule has 6 nitrogen and oxygen atoms in total. The van der Waals surface area contributed by atoms with Crippen molar-refractivity contribution < 1.29 is 41.7 Å². The second-order valence-electron chi connectivity index (χ2n) is 6.77. The van der Waals surface area contributed by atoms with E-state index in [9.17, 15) is 32.3 Å². The number of carbonyl (C=O) groups is 2. The number of aromatic nitrogens is 1. The molecule has 32 heavy (non-hydrogen) atoms. The van der Waals surface area contributed by atoms with E-state index < -0.39 is 30.2 Å². The molecular formula is C21H16ClF4NO5. The molecule has 1 heterocycles. The molecule has 170 valence electrons. The van der Waals surface area contributed by atoms with Gasteiger partial charge < -0.3 is 14.6 Å². The van der Waals surface area contributed by atoms with Crippen LogP contribution in [0.4, 0.5) is 17.6 Å². The number of hydrogen-bond acceptors (Lipinski definition) is 4. The number of aliphatic carboxylic acids is 1. The lowest BCUT2D eigenvalue weighted by atomic mass is 10.1. The number of carboxylic acids is 1. The van der Waals surface area contributed by atoms with Crippen LogP contribution < -0.4 is 9.47 Å². The van der Waals surface area contributed by atoms with E-state index in [4.69, 9.17) is 16.3 Å². The first-order valence-electron chi connectivity index (χ1n) is 9.05. The predicted octanol–water partition coefficient (Wildman–Crippen LogP) is 5.16. The molecule has 0 aliphatic carbocycles. The van der Waals surface area contributed by atoms with Crippen molar-refractivity contribution in [2.24, 2.45) is 0 Å². The highest BCUT2D eigenvalue weighted by Crippen LogP contribution is 2.36. The summed E-state index contributed by atoms with van der Waals surface area (Å²) in [4.78, 5) is 24.5. The maximum atomic E-state index is 13.2. The predicted molar refractivity (Wildman–Crippen MR) is 107 cm³/mol. The minimum atomic E-state index is -4.68. The molecule has 1 aromatic heterocycles. The Bertz CT molecular complexity index is 1190. The van der Waals surface area contributed by atoms with Crippen LogP contribution in [0.1, 0.15) is 21.6 Å². The second kappa shape index (κ2) is 8.70. The van der Waals surface area contributed by atoms with Crippen LogP contribution in [0.2, 0.25) is 5.02 Å². The first kappa shape index (κ1) is 23.4. The van der Waals surface area contributed by atoms with Gasteiger partial charge >= 0.3 is 18.5 Å². The summed E-state index contributed by atoms with van der Waals surface area (Å²) in [6.07, 6.45) is -9.07. The van der Waals surface area contributed by atoms with Crippen molar-refractivity contribution in [1.82, 2.24) is 4.57 Å². The lowest BCUT2D eigenvalue weighted by Gasteiger charge is -2.17. The van der Waals surface area contributed by atoms with Crippen molar-refractivity contribution in [3.63, 3.8) is 0 Å². The number of fused-ring (bicyclic) bond motifs is 1. The van der Waals surface area contributed by atoms with E-state index in [1.165, 1.54) is 23.8 Å². The van der Waals surface area contributed by atoms with E-state index in [1.807, 2.05) is 0 Å². The summed E-state index contributed by atoms with van der Waals surface area (Å²) >= 11 is 6.19. The molecule has 0 spiro atoms. The average Bonchev–Trinajstić information content (AvgIpc) is 2.97. The molecule has 0 aliphatic rings. The van der Waals surface area contributed by atoms with E-state index >= 15 is 0 Å². The molecule has 1 N–H and O–H groups in total. The molecular weight excluding hydrogens is 458 g/mol. The van der Waals surface area contributed by atoms with Gasteiger partial charge in [0.2, 0.25) is 0 Å². The molecule has 2 aromatic carbocycles. The Labute approximate surface area is 183 Å². The fourth-order valence-corrected chi connectivity index (χ4v) is 3.50. The molecule has 0 fully saturated rings. The second-order valence-corrected chi connectivity index (χ2v) is 7.18. The molecule has 0 aliphatic heterocycles. The highest BCUT2D eigenvalue weighted by molar-refractivity contribution is 6.33. The molecule has 3 rings (SSSR count). The molecule has 0 atom stereocenters. The maximum absolute atomic E-state index is 13.2. The number of carbonyl (C=O) groups excluding carboxylic acids is 1. The number of benzene rings is 2. The van der Waals surface area contributed by atoms with Gasteiger partial charge in [0, 0.05) is 16.6 Å². The lowest BCUT2D eigenvalue weighted by molar-refractivity contribution is -0.253. The third-order valence-corrected chi connectivity index (χ3v) is 5.04. The molecule has 0 saturated heterocycles. The van der Waals surface area contributed by atoms with Crippen LogP contribution in [-0.4, -0.2) is 41.2 Å². The Balaban J connectivity index is 2.07. The van der Waals surface area contributed by atoms with Gasteiger partial charge in [-0.25, -0.2) is 0 Å². The van der Waals surface area contributed by atoms with Crippen molar-refractivity contribution >= 4 is 34.4 Å². The van der Waals surface area contributed by atoms with E-state index in [-0.39, 0.29) is 22.8 Å². The largest absolute Gasteiger partial charge is 0.495 e. The van der Waals surface area contributed by atoms with Gasteiger partial charge in [-0.15, -0.1) is 0 Å². The zero-order chi connectivity index (χ0) is 23.8. The monoisotopic (exact) mass is 473 g/mol. The van der Waals surface area contributed by atoms with Gasteiger partial charge in [0.05, 0.1) is 24.1 Å². The number of nitrogens with zero attached hydrogens (tertiary/aromatic N) is 1. The zero-order valence-electron chi connectivity index (χ0n) is 16.7. The molecule has 0 radical (unpaired) electrons. The summed E-state index contributed by atoms with van der Waals surface area (Å²) in [6.45, 7) is 1.55. The highest BCUT2D eigenvalue weighted by atomic mass is 35.5. The molecule has 0 amide bonds. The molecule has 0 bridgehead atoms. The van der Waals surface area contributed by atoms with Crippen LogP contribution in [0.5, 0.6) is 11.5 Å². The summed E-state index contributed by atoms with van der Waals surface area (Å²) in [5.74, 6) is -2.00. The normalized spacial score (nSPS) is 11.8. The topological polar surface area (TPSA) is 77.8 Å². The molecule has 11 heteroatoms. The highest BCUT2D eigenvalue weighted by Gasteiger charge is 2.44. The SMILES string of the molecule is COc1cc2c(CC(=O)O)c(C)n(C(=O)c3ccc(OC(F)(F)C(F)F)cc3)c2cc1Cl. The van der Waals surface area contributed by atoms with Crippen LogP contribution in [0, 0.1) is 6.92 Å². The Morgan fingerprint density at radius 1 is 1.19 bits per heavy atom. The van der Waals surface area contributed by atoms with E-state index in [1.54, 1.807) is 6.92 Å². The third kappa shape index (κ3) is 4.36. The van der Waals surface area contributed by atoms with Crippen LogP contribution in [0.3, 0.4) is 0 Å². The van der Waals surface area contributed by atoms with Crippen molar-refractivity contribution in [3.05, 3.63) is 58.2 Å². The van der Waals surface area contributed by atoms with Crippen molar-refractivity contribution in [2.45, 2.75) is 25.9 Å². The third-order valence-electron chi connectivity index (χ3n) is 4.75. The van der Waals surface area contributed by atoms with Crippen LogP contribution in [0.25, 0.3) is 10.9 Å². The van der Waals surface area contributed by atoms with Gasteiger partial charge in [-0.1, -0.05) is 11.6 Å². The van der Waals surface area contributed by atoms with Crippen molar-refractivity contribution in [1.29, 1.82) is 0 Å². The number of halogens is 5. The minimum Gasteiger partial charge on any atom is -0.495 e. The first-order chi connectivity index (χ1) is 15.0. The van der Waals surface area contributed by atoms with E-state index in [0.717, 1.165) is 24.3 Å². The number of rotatable bonds is 7. The van der Waals surface area contributed by atoms with E-state index in [2.05, 4.69) is 4.74 Å². The summed E-state index contributed by atoms with van der Waals surface area (Å²) in [6, 6.07) is 7.15. The Morgan fingerprint density at radius 3 is 2.34 bits per heavy atom. The van der Waals surface area contributed by atoms with Gasteiger partial charge in [0.15, 0.2) is 0 Å². The Morgan fingerprint density at radius 2 is 1.81 bits per heavy atom. The summed E-state index contributed by atoms with van der Waals surface area (Å²) in [5.41, 5.74) is 1.04. The van der Waals surface area contributed by atoms with Crippen molar-refractivity contribution in [2.75, 3.05) is 7.11 Å². The number of carboxylic acid groups (broad SMARTS) is 1. The van der Waals surface area contributed by atoms with Gasteiger partial charge in [-0.2, -0.15) is 17.6 Å². The summed E-state index contributed by atoms with van der Waals surface area (Å²) in [5, 5.41) is 9.91. The standard InChI is InChI=1S/C21H16ClF4NO5/c1-10-13(8-18(28)29)14-7-17(31-2)15(22)9-16(14)27(10)19(30)11-3-5-12(6-4-11)32-21(25,26)20(23)24/h3-7,9,20H,8H2,1-2H3,(H,28,29). The summed E-state index contributed by atoms with van der Waals surface area (Å²) in [7, 11) is 1.39. The van der Waals surface area contributed by atoms with Gasteiger partial charge in [0.25, 0.3) is 5.91 Å². The number of alkyl halides is 4. The fraction of sp³-hybridized carbons (Fsp3) is 0.238. The van der Waals surface area contributed by atoms with Crippen LogP contribution in [-0.2, 0) is 11.2 Å². The lowest BCUT2D eigenvalue weighted by Crippen LogP contribution is -2.33.